The number of hydrogen-bond donors (Lipinski definition) is 2. The van der Waals surface area contributed by atoms with Crippen molar-refractivity contribution in [2.75, 3.05) is 11.1 Å². The van der Waals surface area contributed by atoms with Crippen molar-refractivity contribution >= 4 is 40.9 Å². The Hall–Kier alpha value is -1.98. The molecule has 2 amide bonds. The minimum Gasteiger partial charge on any atom is -0.349 e. The molecule has 0 atom stereocenters. The number of thioether (sulfide) groups is 1. The molecule has 2 aromatic carbocycles. The largest absolute Gasteiger partial charge is 0.349 e. The van der Waals surface area contributed by atoms with Crippen molar-refractivity contribution in [2.24, 2.45) is 0 Å². The molecule has 6 heteroatoms. The van der Waals surface area contributed by atoms with E-state index in [1.807, 2.05) is 30.3 Å². The van der Waals surface area contributed by atoms with E-state index in [9.17, 15) is 9.59 Å². The van der Waals surface area contributed by atoms with Gasteiger partial charge in [0.05, 0.1) is 17.0 Å². The van der Waals surface area contributed by atoms with Crippen molar-refractivity contribution in [1.82, 2.24) is 5.32 Å². The fourth-order valence-electron chi connectivity index (χ4n) is 2.31. The molecule has 3 rings (SSSR count). The highest BCUT2D eigenvalue weighted by Gasteiger charge is 2.24. The van der Waals surface area contributed by atoms with E-state index in [1.54, 1.807) is 18.2 Å². The Kier molecular flexibility index (Phi) is 6.00. The first kappa shape index (κ1) is 17.8. The molecule has 1 saturated carbocycles. The van der Waals surface area contributed by atoms with E-state index in [0.717, 1.165) is 24.2 Å². The Morgan fingerprint density at radius 3 is 2.52 bits per heavy atom. The number of nitrogens with one attached hydrogen (secondary N) is 2. The predicted octanol–water partition coefficient (Wildman–Crippen LogP) is 4.10. The van der Waals surface area contributed by atoms with Gasteiger partial charge in [0, 0.05) is 16.8 Å². The van der Waals surface area contributed by atoms with Gasteiger partial charge < -0.3 is 10.6 Å². The van der Waals surface area contributed by atoms with Gasteiger partial charge in [0.1, 0.15) is 0 Å². The van der Waals surface area contributed by atoms with Gasteiger partial charge in [0.2, 0.25) is 5.91 Å². The lowest BCUT2D eigenvalue weighted by atomic mass is 10.1. The third-order valence-electron chi connectivity index (χ3n) is 3.77. The quantitative estimate of drug-likeness (QED) is 0.766. The predicted molar refractivity (Wildman–Crippen MR) is 103 cm³/mol. The summed E-state index contributed by atoms with van der Waals surface area (Å²) in [5, 5.41) is 6.49. The molecule has 0 bridgehead atoms. The number of rotatable bonds is 7. The maximum atomic E-state index is 12.2. The van der Waals surface area contributed by atoms with Gasteiger partial charge in [-0.1, -0.05) is 35.9 Å². The lowest BCUT2D eigenvalue weighted by molar-refractivity contribution is -0.113. The Morgan fingerprint density at radius 1 is 1.08 bits per heavy atom. The highest BCUT2D eigenvalue weighted by atomic mass is 35.5. The van der Waals surface area contributed by atoms with E-state index < -0.39 is 0 Å². The zero-order valence-corrected chi connectivity index (χ0v) is 15.2. The summed E-state index contributed by atoms with van der Waals surface area (Å²) in [4.78, 5) is 24.4. The van der Waals surface area contributed by atoms with Crippen LogP contribution in [0.15, 0.2) is 48.5 Å². The number of carbonyl (C=O) groups is 2. The van der Waals surface area contributed by atoms with Crippen LogP contribution in [0.2, 0.25) is 5.02 Å². The van der Waals surface area contributed by atoms with Gasteiger partial charge in [-0.15, -0.1) is 11.8 Å². The van der Waals surface area contributed by atoms with Crippen LogP contribution in [0.4, 0.5) is 5.69 Å². The normalized spacial score (nSPS) is 13.3. The van der Waals surface area contributed by atoms with Crippen LogP contribution < -0.4 is 10.6 Å². The van der Waals surface area contributed by atoms with E-state index in [4.69, 9.17) is 11.6 Å². The lowest BCUT2D eigenvalue weighted by Crippen LogP contribution is -2.27. The van der Waals surface area contributed by atoms with Gasteiger partial charge in [0.15, 0.2) is 0 Å². The van der Waals surface area contributed by atoms with E-state index in [1.165, 1.54) is 11.8 Å². The summed E-state index contributed by atoms with van der Waals surface area (Å²) in [6, 6.07) is 15.0. The van der Waals surface area contributed by atoms with Crippen LogP contribution in [-0.4, -0.2) is 23.6 Å². The summed E-state index contributed by atoms with van der Waals surface area (Å²) < 4.78 is 0. The van der Waals surface area contributed by atoms with Crippen molar-refractivity contribution < 1.29 is 9.59 Å². The van der Waals surface area contributed by atoms with Crippen molar-refractivity contribution in [3.8, 4) is 0 Å². The summed E-state index contributed by atoms with van der Waals surface area (Å²) in [6.07, 6.45) is 2.06. The fourth-order valence-corrected chi connectivity index (χ4v) is 3.22. The fraction of sp³-hybridized carbons (Fsp3) is 0.263. The smallest absolute Gasteiger partial charge is 0.253 e. The second-order valence-electron chi connectivity index (χ2n) is 5.96. The number of halogens is 1. The van der Waals surface area contributed by atoms with E-state index in [0.29, 0.717) is 22.0 Å². The molecule has 0 saturated heterocycles. The Labute approximate surface area is 156 Å². The summed E-state index contributed by atoms with van der Waals surface area (Å²) in [7, 11) is 0. The van der Waals surface area contributed by atoms with E-state index in [-0.39, 0.29) is 17.9 Å². The molecule has 25 heavy (non-hydrogen) atoms. The van der Waals surface area contributed by atoms with Crippen LogP contribution >= 0.6 is 23.4 Å². The van der Waals surface area contributed by atoms with Crippen molar-refractivity contribution in [3.63, 3.8) is 0 Å². The maximum Gasteiger partial charge on any atom is 0.253 e. The molecular formula is C19H19ClN2O2S. The minimum absolute atomic E-state index is 0.120. The molecule has 130 valence electrons. The lowest BCUT2D eigenvalue weighted by Gasteiger charge is -2.11. The Balaban J connectivity index is 1.52. The molecule has 0 spiro atoms. The number of amides is 2. The Morgan fingerprint density at radius 2 is 1.80 bits per heavy atom. The van der Waals surface area contributed by atoms with Crippen molar-refractivity contribution in [1.29, 1.82) is 0 Å². The minimum atomic E-state index is -0.132. The van der Waals surface area contributed by atoms with Gasteiger partial charge in [0.25, 0.3) is 5.91 Å². The molecule has 1 aliphatic rings. The zero-order chi connectivity index (χ0) is 17.6. The first-order valence-corrected chi connectivity index (χ1v) is 9.67. The van der Waals surface area contributed by atoms with E-state index >= 15 is 0 Å². The van der Waals surface area contributed by atoms with Crippen molar-refractivity contribution in [2.45, 2.75) is 24.6 Å². The van der Waals surface area contributed by atoms with Gasteiger partial charge in [-0.25, -0.2) is 0 Å². The SMILES string of the molecule is O=C(CSCc1ccc(Cl)cc1)Nc1ccccc1C(=O)NC1CC1. The first-order chi connectivity index (χ1) is 12.1. The number of anilines is 1. The number of hydrogen-bond acceptors (Lipinski definition) is 3. The van der Waals surface area contributed by atoms with Crippen LogP contribution in [0.1, 0.15) is 28.8 Å². The molecular weight excluding hydrogens is 356 g/mol. The van der Waals surface area contributed by atoms with Gasteiger partial charge in [-0.3, -0.25) is 9.59 Å². The topological polar surface area (TPSA) is 58.2 Å². The standard InChI is InChI=1S/C19H19ClN2O2S/c20-14-7-5-13(6-8-14)11-25-12-18(23)22-17-4-2-1-3-16(17)19(24)21-15-9-10-15/h1-8,15H,9-12H2,(H,21,24)(H,22,23). The third kappa shape index (κ3) is 5.51. The maximum absolute atomic E-state index is 12.2. The second kappa shape index (κ2) is 8.41. The average molecular weight is 375 g/mol. The molecule has 2 aromatic rings. The summed E-state index contributed by atoms with van der Waals surface area (Å²) in [5.74, 6) is 0.799. The molecule has 0 aliphatic heterocycles. The highest BCUT2D eigenvalue weighted by Crippen LogP contribution is 2.22. The second-order valence-corrected chi connectivity index (χ2v) is 7.38. The van der Waals surface area contributed by atoms with Gasteiger partial charge in [-0.05, 0) is 42.7 Å². The van der Waals surface area contributed by atoms with Crippen LogP contribution in [-0.2, 0) is 10.5 Å². The summed E-state index contributed by atoms with van der Waals surface area (Å²) in [6.45, 7) is 0. The van der Waals surface area contributed by atoms with E-state index in [2.05, 4.69) is 10.6 Å². The van der Waals surface area contributed by atoms with Gasteiger partial charge in [-0.2, -0.15) is 0 Å². The highest BCUT2D eigenvalue weighted by molar-refractivity contribution is 7.99. The number of para-hydroxylation sites is 1. The summed E-state index contributed by atoms with van der Waals surface area (Å²) >= 11 is 7.38. The molecule has 1 aliphatic carbocycles. The molecule has 0 heterocycles. The Bertz CT molecular complexity index is 760. The molecule has 4 nitrogen and oxygen atoms in total. The van der Waals surface area contributed by atoms with Crippen LogP contribution in [0.5, 0.6) is 0 Å². The zero-order valence-electron chi connectivity index (χ0n) is 13.6. The molecule has 0 aromatic heterocycles. The summed E-state index contributed by atoms with van der Waals surface area (Å²) in [5.41, 5.74) is 2.18. The van der Waals surface area contributed by atoms with Gasteiger partial charge >= 0.3 is 0 Å². The van der Waals surface area contributed by atoms with Crippen LogP contribution in [0.25, 0.3) is 0 Å². The number of carbonyl (C=O) groups excluding carboxylic acids is 2. The molecule has 0 radical (unpaired) electrons. The first-order valence-electron chi connectivity index (χ1n) is 8.14. The average Bonchev–Trinajstić information content (AvgIpc) is 3.41. The third-order valence-corrected chi connectivity index (χ3v) is 5.03. The van der Waals surface area contributed by atoms with Crippen LogP contribution in [0.3, 0.4) is 0 Å². The molecule has 0 unspecified atom stereocenters. The van der Waals surface area contributed by atoms with Crippen molar-refractivity contribution in [3.05, 3.63) is 64.7 Å². The molecule has 1 fully saturated rings. The number of benzene rings is 2. The van der Waals surface area contributed by atoms with Crippen LogP contribution in [0, 0.1) is 0 Å². The monoisotopic (exact) mass is 374 g/mol. The molecule has 2 N–H and O–H groups in total.